The molecule has 0 aliphatic carbocycles. The fraction of sp³-hybridized carbons (Fsp3) is 0.227. The zero-order valence-electron chi connectivity index (χ0n) is 17.6. The lowest BCUT2D eigenvalue weighted by Crippen LogP contribution is -2.32. The van der Waals surface area contributed by atoms with Gasteiger partial charge in [-0.25, -0.2) is 17.8 Å². The molecule has 0 saturated heterocycles. The van der Waals surface area contributed by atoms with E-state index in [-0.39, 0.29) is 35.4 Å². The number of amides is 1. The summed E-state index contributed by atoms with van der Waals surface area (Å²) >= 11 is 5.90. The minimum absolute atomic E-state index is 0.0227. The van der Waals surface area contributed by atoms with Gasteiger partial charge in [-0.05, 0) is 42.5 Å². The van der Waals surface area contributed by atoms with Gasteiger partial charge in [0, 0.05) is 34.8 Å². The first-order valence-corrected chi connectivity index (χ1v) is 11.8. The van der Waals surface area contributed by atoms with Crippen LogP contribution in [0.3, 0.4) is 0 Å². The van der Waals surface area contributed by atoms with Crippen molar-refractivity contribution >= 4 is 33.2 Å². The number of halogens is 1. The summed E-state index contributed by atoms with van der Waals surface area (Å²) in [5.74, 6) is -0.340. The lowest BCUT2D eigenvalue weighted by atomic mass is 10.1. The molecule has 0 saturated carbocycles. The predicted octanol–water partition coefficient (Wildman–Crippen LogP) is 3.14. The van der Waals surface area contributed by atoms with Crippen molar-refractivity contribution < 1.29 is 13.2 Å². The highest BCUT2D eigenvalue weighted by atomic mass is 35.5. The molecule has 0 fully saturated rings. The van der Waals surface area contributed by atoms with E-state index < -0.39 is 10.0 Å². The molecule has 0 spiro atoms. The fourth-order valence-electron chi connectivity index (χ4n) is 2.76. The number of nitrogens with zero attached hydrogens (tertiary/aromatic N) is 2. The molecule has 0 bridgehead atoms. The Kier molecular flexibility index (Phi) is 7.44. The van der Waals surface area contributed by atoms with Gasteiger partial charge in [-0.15, -0.1) is 0 Å². The summed E-state index contributed by atoms with van der Waals surface area (Å²) in [5.41, 5.74) is 1.53. The highest BCUT2D eigenvalue weighted by Crippen LogP contribution is 2.18. The molecule has 2 N–H and O–H groups in total. The Labute approximate surface area is 191 Å². The van der Waals surface area contributed by atoms with Gasteiger partial charge in [-0.1, -0.05) is 37.6 Å². The number of nitrogens with one attached hydrogen (secondary N) is 2. The quantitative estimate of drug-likeness (QED) is 0.521. The number of sulfonamides is 1. The molecule has 2 aromatic carbocycles. The van der Waals surface area contributed by atoms with Crippen LogP contribution >= 0.6 is 11.6 Å². The van der Waals surface area contributed by atoms with Crippen molar-refractivity contribution in [1.82, 2.24) is 14.5 Å². The van der Waals surface area contributed by atoms with Crippen molar-refractivity contribution in [2.24, 2.45) is 5.92 Å². The Hall–Kier alpha value is -3.01. The number of rotatable bonds is 8. The number of carbonyl (C=O) groups is 1. The van der Waals surface area contributed by atoms with Gasteiger partial charge >= 0.3 is 0 Å². The van der Waals surface area contributed by atoms with Crippen molar-refractivity contribution in [2.75, 3.05) is 11.9 Å². The molecule has 0 radical (unpaired) electrons. The molecular weight excluding hydrogens is 452 g/mol. The van der Waals surface area contributed by atoms with Gasteiger partial charge in [0.25, 0.3) is 5.56 Å². The van der Waals surface area contributed by atoms with Crippen LogP contribution in [0.5, 0.6) is 0 Å². The van der Waals surface area contributed by atoms with Crippen LogP contribution in [0, 0.1) is 5.92 Å². The lowest BCUT2D eigenvalue weighted by molar-refractivity contribution is -0.118. The summed E-state index contributed by atoms with van der Waals surface area (Å²) in [6.07, 6.45) is 0. The number of hydrogen-bond donors (Lipinski definition) is 2. The average Bonchev–Trinajstić information content (AvgIpc) is 2.76. The highest BCUT2D eigenvalue weighted by molar-refractivity contribution is 7.89. The van der Waals surface area contributed by atoms with Gasteiger partial charge in [0.05, 0.1) is 17.1 Å². The minimum atomic E-state index is -3.79. The number of aromatic nitrogens is 2. The first-order chi connectivity index (χ1) is 15.2. The molecular formula is C22H23ClN4O4S. The topological polar surface area (TPSA) is 110 Å². The maximum absolute atomic E-state index is 12.6. The molecule has 1 aromatic heterocycles. The van der Waals surface area contributed by atoms with Crippen LogP contribution in [0.15, 0.2) is 70.4 Å². The molecule has 1 amide bonds. The van der Waals surface area contributed by atoms with E-state index >= 15 is 0 Å². The van der Waals surface area contributed by atoms with E-state index in [0.29, 0.717) is 16.4 Å². The number of benzene rings is 2. The lowest BCUT2D eigenvalue weighted by Gasteiger charge is -2.11. The smallest absolute Gasteiger partial charge is 0.266 e. The van der Waals surface area contributed by atoms with Crippen LogP contribution in [-0.4, -0.2) is 30.7 Å². The van der Waals surface area contributed by atoms with Crippen LogP contribution in [0.25, 0.3) is 11.3 Å². The Morgan fingerprint density at radius 3 is 2.31 bits per heavy atom. The van der Waals surface area contributed by atoms with Crippen molar-refractivity contribution in [1.29, 1.82) is 0 Å². The molecule has 0 aliphatic rings. The number of hydrogen-bond acceptors (Lipinski definition) is 5. The summed E-state index contributed by atoms with van der Waals surface area (Å²) in [5, 5.41) is 7.60. The van der Waals surface area contributed by atoms with Crippen LogP contribution in [0.4, 0.5) is 5.69 Å². The van der Waals surface area contributed by atoms with E-state index in [2.05, 4.69) is 15.1 Å². The van der Waals surface area contributed by atoms with Crippen molar-refractivity contribution in [3.05, 3.63) is 76.0 Å². The zero-order valence-corrected chi connectivity index (χ0v) is 19.2. The molecule has 0 atom stereocenters. The van der Waals surface area contributed by atoms with Crippen LogP contribution in [-0.2, 0) is 21.4 Å². The molecule has 3 aromatic rings. The SMILES string of the molecule is CC(C)C(=O)Nc1ccc(S(=O)(=O)NCCn2nc(-c3ccc(Cl)cc3)ccc2=O)cc1. The Morgan fingerprint density at radius 1 is 1.03 bits per heavy atom. The second kappa shape index (κ2) is 10.1. The summed E-state index contributed by atoms with van der Waals surface area (Å²) in [6.45, 7) is 3.57. The third-order valence-electron chi connectivity index (χ3n) is 4.58. The van der Waals surface area contributed by atoms with E-state index in [9.17, 15) is 18.0 Å². The second-order valence-electron chi connectivity index (χ2n) is 7.35. The van der Waals surface area contributed by atoms with E-state index in [1.807, 2.05) is 0 Å². The molecule has 10 heteroatoms. The molecule has 0 unspecified atom stereocenters. The van der Waals surface area contributed by atoms with Gasteiger partial charge < -0.3 is 5.32 Å². The van der Waals surface area contributed by atoms with Gasteiger partial charge in [0.15, 0.2) is 0 Å². The Balaban J connectivity index is 1.65. The van der Waals surface area contributed by atoms with Gasteiger partial charge in [0.2, 0.25) is 15.9 Å². The summed E-state index contributed by atoms with van der Waals surface area (Å²) < 4.78 is 28.8. The van der Waals surface area contributed by atoms with E-state index in [0.717, 1.165) is 5.56 Å². The van der Waals surface area contributed by atoms with E-state index in [4.69, 9.17) is 11.6 Å². The predicted molar refractivity (Wildman–Crippen MR) is 124 cm³/mol. The van der Waals surface area contributed by atoms with Gasteiger partial charge in [-0.2, -0.15) is 5.10 Å². The Morgan fingerprint density at radius 2 is 1.69 bits per heavy atom. The molecule has 3 rings (SSSR count). The number of anilines is 1. The third-order valence-corrected chi connectivity index (χ3v) is 6.31. The minimum Gasteiger partial charge on any atom is -0.326 e. The van der Waals surface area contributed by atoms with Crippen LogP contribution in [0.1, 0.15) is 13.8 Å². The summed E-state index contributed by atoms with van der Waals surface area (Å²) in [4.78, 5) is 23.9. The van der Waals surface area contributed by atoms with Crippen LogP contribution in [0.2, 0.25) is 5.02 Å². The van der Waals surface area contributed by atoms with Gasteiger partial charge in [-0.3, -0.25) is 9.59 Å². The third kappa shape index (κ3) is 6.03. The molecule has 32 heavy (non-hydrogen) atoms. The first-order valence-electron chi connectivity index (χ1n) is 9.90. The maximum Gasteiger partial charge on any atom is 0.266 e. The summed E-state index contributed by atoms with van der Waals surface area (Å²) in [7, 11) is -3.79. The van der Waals surface area contributed by atoms with Crippen molar-refractivity contribution in [3.8, 4) is 11.3 Å². The highest BCUT2D eigenvalue weighted by Gasteiger charge is 2.14. The average molecular weight is 475 g/mol. The molecule has 1 heterocycles. The summed E-state index contributed by atoms with van der Waals surface area (Å²) in [6, 6.07) is 15.9. The Bertz CT molecular complexity index is 1250. The molecule has 0 aliphatic heterocycles. The number of carbonyl (C=O) groups excluding carboxylic acids is 1. The standard InChI is InChI=1S/C22H23ClN4O4S/c1-15(2)22(29)25-18-7-9-19(10-8-18)32(30,31)24-13-14-27-21(28)12-11-20(26-27)16-3-5-17(23)6-4-16/h3-12,15,24H,13-14H2,1-2H3,(H,25,29). The van der Waals surface area contributed by atoms with Crippen molar-refractivity contribution in [3.63, 3.8) is 0 Å². The first kappa shape index (κ1) is 23.6. The zero-order chi connectivity index (χ0) is 23.3. The van der Waals surface area contributed by atoms with Crippen molar-refractivity contribution in [2.45, 2.75) is 25.3 Å². The normalized spacial score (nSPS) is 11.5. The fourth-order valence-corrected chi connectivity index (χ4v) is 3.90. The van der Waals surface area contributed by atoms with E-state index in [1.165, 1.54) is 35.0 Å². The van der Waals surface area contributed by atoms with Crippen LogP contribution < -0.4 is 15.6 Å². The molecule has 8 nitrogen and oxygen atoms in total. The largest absolute Gasteiger partial charge is 0.326 e. The second-order valence-corrected chi connectivity index (χ2v) is 9.56. The maximum atomic E-state index is 12.6. The van der Waals surface area contributed by atoms with Gasteiger partial charge in [0.1, 0.15) is 0 Å². The monoisotopic (exact) mass is 474 g/mol. The van der Waals surface area contributed by atoms with E-state index in [1.54, 1.807) is 44.2 Å². The molecule has 168 valence electrons.